The molecule has 0 bridgehead atoms. The smallest absolute Gasteiger partial charge is 0.255 e. The molecule has 20 heavy (non-hydrogen) atoms. The zero-order valence-corrected chi connectivity index (χ0v) is 13.0. The van der Waals surface area contributed by atoms with Crippen LogP contribution in [0.2, 0.25) is 0 Å². The van der Waals surface area contributed by atoms with E-state index in [0.717, 1.165) is 10.7 Å². The summed E-state index contributed by atoms with van der Waals surface area (Å²) in [7, 11) is -3.22. The molecule has 0 aliphatic carbocycles. The van der Waals surface area contributed by atoms with Gasteiger partial charge in [0.15, 0.2) is 9.84 Å². The fourth-order valence-electron chi connectivity index (χ4n) is 1.62. The lowest BCUT2D eigenvalue weighted by Gasteiger charge is -2.06. The Hall–Kier alpha value is -1.66. The van der Waals surface area contributed by atoms with Crippen LogP contribution in [0, 0.1) is 0 Å². The second-order valence-corrected chi connectivity index (χ2v) is 7.19. The largest absolute Gasteiger partial charge is 0.322 e. The molecule has 0 aromatic heterocycles. The van der Waals surface area contributed by atoms with Crippen molar-refractivity contribution in [3.63, 3.8) is 0 Å². The van der Waals surface area contributed by atoms with Crippen molar-refractivity contribution in [3.8, 4) is 0 Å². The van der Waals surface area contributed by atoms with Crippen molar-refractivity contribution in [1.82, 2.24) is 0 Å². The van der Waals surface area contributed by atoms with Gasteiger partial charge in [0.2, 0.25) is 0 Å². The number of halogens is 1. The number of rotatable bonds is 3. The maximum Gasteiger partial charge on any atom is 0.255 e. The van der Waals surface area contributed by atoms with Crippen LogP contribution >= 0.6 is 15.9 Å². The number of carbonyl (C=O) groups is 1. The maximum atomic E-state index is 12.0. The third kappa shape index (κ3) is 3.68. The summed E-state index contributed by atoms with van der Waals surface area (Å²) < 4.78 is 23.5. The van der Waals surface area contributed by atoms with Crippen LogP contribution in [-0.4, -0.2) is 20.6 Å². The molecule has 1 amide bonds. The quantitative estimate of drug-likeness (QED) is 0.921. The minimum absolute atomic E-state index is 0.220. The second-order valence-electron chi connectivity index (χ2n) is 4.26. The van der Waals surface area contributed by atoms with Gasteiger partial charge in [0.05, 0.1) is 4.90 Å². The molecule has 2 rings (SSSR count). The van der Waals surface area contributed by atoms with Crippen LogP contribution in [0.15, 0.2) is 57.9 Å². The Morgan fingerprint density at radius 1 is 1.10 bits per heavy atom. The van der Waals surface area contributed by atoms with Gasteiger partial charge in [-0.25, -0.2) is 8.42 Å². The first-order chi connectivity index (χ1) is 9.36. The number of hydrogen-bond donors (Lipinski definition) is 1. The minimum atomic E-state index is -3.22. The molecule has 0 atom stereocenters. The molecule has 1 N–H and O–H groups in total. The Bertz CT molecular complexity index is 739. The summed E-state index contributed by atoms with van der Waals surface area (Å²) in [4.78, 5) is 12.2. The topological polar surface area (TPSA) is 63.2 Å². The third-order valence-electron chi connectivity index (χ3n) is 2.63. The lowest BCUT2D eigenvalue weighted by Crippen LogP contribution is -2.11. The van der Waals surface area contributed by atoms with Crippen molar-refractivity contribution < 1.29 is 13.2 Å². The van der Waals surface area contributed by atoms with Gasteiger partial charge in [-0.2, -0.15) is 0 Å². The summed E-state index contributed by atoms with van der Waals surface area (Å²) in [5, 5.41) is 2.71. The van der Waals surface area contributed by atoms with Gasteiger partial charge in [-0.1, -0.05) is 22.0 Å². The number of anilines is 1. The monoisotopic (exact) mass is 353 g/mol. The van der Waals surface area contributed by atoms with Crippen molar-refractivity contribution in [3.05, 3.63) is 58.6 Å². The summed E-state index contributed by atoms with van der Waals surface area (Å²) >= 11 is 3.30. The van der Waals surface area contributed by atoms with Crippen LogP contribution in [-0.2, 0) is 9.84 Å². The highest BCUT2D eigenvalue weighted by molar-refractivity contribution is 9.10. The first-order valence-corrected chi connectivity index (χ1v) is 8.42. The Morgan fingerprint density at radius 2 is 1.75 bits per heavy atom. The Balaban J connectivity index is 2.16. The Labute approximate surface area is 125 Å². The molecule has 0 aliphatic rings. The molecule has 2 aromatic rings. The molecule has 6 heteroatoms. The van der Waals surface area contributed by atoms with Crippen LogP contribution in [0.3, 0.4) is 0 Å². The van der Waals surface area contributed by atoms with Gasteiger partial charge in [-0.3, -0.25) is 4.79 Å². The van der Waals surface area contributed by atoms with Crippen LogP contribution in [0.1, 0.15) is 10.4 Å². The molecule has 0 spiro atoms. The molecule has 0 radical (unpaired) electrons. The molecule has 0 saturated carbocycles. The van der Waals surface area contributed by atoms with Gasteiger partial charge in [0.1, 0.15) is 0 Å². The van der Waals surface area contributed by atoms with Crippen LogP contribution in [0.4, 0.5) is 5.69 Å². The van der Waals surface area contributed by atoms with Gasteiger partial charge in [-0.05, 0) is 42.5 Å². The van der Waals surface area contributed by atoms with Gasteiger partial charge in [-0.15, -0.1) is 0 Å². The van der Waals surface area contributed by atoms with E-state index in [-0.39, 0.29) is 10.8 Å². The molecular weight excluding hydrogens is 342 g/mol. The summed E-state index contributed by atoms with van der Waals surface area (Å²) in [5.74, 6) is -0.251. The van der Waals surface area contributed by atoms with E-state index < -0.39 is 9.84 Å². The average molecular weight is 354 g/mol. The molecule has 4 nitrogen and oxygen atoms in total. The average Bonchev–Trinajstić information content (AvgIpc) is 2.38. The highest BCUT2D eigenvalue weighted by Crippen LogP contribution is 2.16. The number of nitrogens with one attached hydrogen (secondary N) is 1. The summed E-state index contributed by atoms with van der Waals surface area (Å²) in [6.07, 6.45) is 1.14. The summed E-state index contributed by atoms with van der Waals surface area (Å²) in [5.41, 5.74) is 1.06. The molecule has 0 saturated heterocycles. The highest BCUT2D eigenvalue weighted by atomic mass is 79.9. The standard InChI is InChI=1S/C14H12BrNO3S/c1-20(18,19)13-7-5-12(6-8-13)16-14(17)10-3-2-4-11(15)9-10/h2-9H,1H3,(H,16,17). The Morgan fingerprint density at radius 3 is 2.30 bits per heavy atom. The third-order valence-corrected chi connectivity index (χ3v) is 4.25. The van der Waals surface area contributed by atoms with Crippen molar-refractivity contribution >= 4 is 37.4 Å². The normalized spacial score (nSPS) is 11.1. The maximum absolute atomic E-state index is 12.0. The van der Waals surface area contributed by atoms with E-state index in [1.54, 1.807) is 30.3 Å². The minimum Gasteiger partial charge on any atom is -0.322 e. The number of amides is 1. The van der Waals surface area contributed by atoms with Crippen molar-refractivity contribution in [1.29, 1.82) is 0 Å². The molecule has 0 fully saturated rings. The predicted molar refractivity (Wildman–Crippen MR) is 81.6 cm³/mol. The Kier molecular flexibility index (Phi) is 4.25. The molecule has 0 aliphatic heterocycles. The molecule has 2 aromatic carbocycles. The van der Waals surface area contributed by atoms with E-state index in [1.165, 1.54) is 12.1 Å². The molecule has 104 valence electrons. The van der Waals surface area contributed by atoms with Crippen molar-refractivity contribution in [2.45, 2.75) is 4.90 Å². The van der Waals surface area contributed by atoms with E-state index in [2.05, 4.69) is 21.2 Å². The number of hydrogen-bond acceptors (Lipinski definition) is 3. The van der Waals surface area contributed by atoms with Crippen LogP contribution < -0.4 is 5.32 Å². The van der Waals surface area contributed by atoms with Crippen LogP contribution in [0.5, 0.6) is 0 Å². The van der Waals surface area contributed by atoms with E-state index in [0.29, 0.717) is 11.3 Å². The fraction of sp³-hybridized carbons (Fsp3) is 0.0714. The van der Waals surface area contributed by atoms with Crippen molar-refractivity contribution in [2.75, 3.05) is 11.6 Å². The van der Waals surface area contributed by atoms with Gasteiger partial charge >= 0.3 is 0 Å². The summed E-state index contributed by atoms with van der Waals surface area (Å²) in [6, 6.07) is 13.1. The van der Waals surface area contributed by atoms with E-state index in [1.807, 2.05) is 6.07 Å². The van der Waals surface area contributed by atoms with Crippen LogP contribution in [0.25, 0.3) is 0 Å². The lowest BCUT2D eigenvalue weighted by atomic mass is 10.2. The molecule has 0 heterocycles. The van der Waals surface area contributed by atoms with Gasteiger partial charge in [0, 0.05) is 22.0 Å². The molecular formula is C14H12BrNO3S. The zero-order valence-electron chi connectivity index (χ0n) is 10.6. The number of carbonyl (C=O) groups excluding carboxylic acids is 1. The van der Waals surface area contributed by atoms with E-state index >= 15 is 0 Å². The van der Waals surface area contributed by atoms with E-state index in [9.17, 15) is 13.2 Å². The SMILES string of the molecule is CS(=O)(=O)c1ccc(NC(=O)c2cccc(Br)c2)cc1. The van der Waals surface area contributed by atoms with Crippen molar-refractivity contribution in [2.24, 2.45) is 0 Å². The lowest BCUT2D eigenvalue weighted by molar-refractivity contribution is 0.102. The predicted octanol–water partition coefficient (Wildman–Crippen LogP) is 3.10. The van der Waals surface area contributed by atoms with Gasteiger partial charge in [0.25, 0.3) is 5.91 Å². The molecule has 0 unspecified atom stereocenters. The zero-order chi connectivity index (χ0) is 14.8. The van der Waals surface area contributed by atoms with E-state index in [4.69, 9.17) is 0 Å². The first-order valence-electron chi connectivity index (χ1n) is 5.73. The first kappa shape index (κ1) is 14.7. The number of sulfone groups is 1. The highest BCUT2D eigenvalue weighted by Gasteiger charge is 2.09. The second kappa shape index (κ2) is 5.76. The van der Waals surface area contributed by atoms with Gasteiger partial charge < -0.3 is 5.32 Å². The fourth-order valence-corrected chi connectivity index (χ4v) is 2.65. The summed E-state index contributed by atoms with van der Waals surface area (Å²) in [6.45, 7) is 0. The number of benzene rings is 2.